The third-order valence-corrected chi connectivity index (χ3v) is 2.99. The van der Waals surface area contributed by atoms with E-state index >= 15 is 0 Å². The van der Waals surface area contributed by atoms with Crippen LogP contribution in [0, 0.1) is 11.3 Å². The lowest BCUT2D eigenvalue weighted by Gasteiger charge is -2.05. The normalized spacial score (nSPS) is 11.3. The van der Waals surface area contributed by atoms with Crippen LogP contribution >= 0.6 is 0 Å². The maximum absolute atomic E-state index is 9.42. The standard InChI is InChI=1S/C18H16N2O2/c19-12-16(8-4-7-14-5-2-1-3-6-14)20-13-15-9-10-17(21)18(22)11-15/h1-11,20-22H,13H2. The van der Waals surface area contributed by atoms with Crippen LogP contribution in [0.5, 0.6) is 11.5 Å². The molecule has 22 heavy (non-hydrogen) atoms. The molecule has 2 aromatic rings. The van der Waals surface area contributed by atoms with Gasteiger partial charge in [0.05, 0.1) is 0 Å². The molecule has 0 saturated carbocycles. The molecule has 0 radical (unpaired) electrons. The van der Waals surface area contributed by atoms with E-state index in [4.69, 9.17) is 5.26 Å². The summed E-state index contributed by atoms with van der Waals surface area (Å²) in [5.74, 6) is -0.337. The van der Waals surface area contributed by atoms with Crippen molar-refractivity contribution in [3.63, 3.8) is 0 Å². The predicted octanol–water partition coefficient (Wildman–Crippen LogP) is 3.31. The van der Waals surface area contributed by atoms with Crippen molar-refractivity contribution in [2.45, 2.75) is 6.54 Å². The van der Waals surface area contributed by atoms with Crippen molar-refractivity contribution in [1.29, 1.82) is 5.26 Å². The second-order valence-electron chi connectivity index (χ2n) is 4.64. The highest BCUT2D eigenvalue weighted by Gasteiger charge is 2.01. The number of rotatable bonds is 5. The zero-order valence-electron chi connectivity index (χ0n) is 11.9. The van der Waals surface area contributed by atoms with Gasteiger partial charge >= 0.3 is 0 Å². The maximum atomic E-state index is 9.42. The van der Waals surface area contributed by atoms with Gasteiger partial charge in [0, 0.05) is 6.54 Å². The van der Waals surface area contributed by atoms with E-state index in [1.165, 1.54) is 12.1 Å². The highest BCUT2D eigenvalue weighted by molar-refractivity contribution is 5.51. The molecule has 0 aromatic heterocycles. The first-order valence-corrected chi connectivity index (χ1v) is 6.77. The summed E-state index contributed by atoms with van der Waals surface area (Å²) in [6.45, 7) is 0.381. The first kappa shape index (κ1) is 15.2. The number of nitriles is 1. The lowest BCUT2D eigenvalue weighted by Crippen LogP contribution is -2.11. The molecule has 4 nitrogen and oxygen atoms in total. The quantitative estimate of drug-likeness (QED) is 0.449. The molecular formula is C18H16N2O2. The van der Waals surface area contributed by atoms with Gasteiger partial charge in [0.1, 0.15) is 11.8 Å². The van der Waals surface area contributed by atoms with Crippen molar-refractivity contribution in [2.75, 3.05) is 0 Å². The molecule has 0 aliphatic heterocycles. The highest BCUT2D eigenvalue weighted by atomic mass is 16.3. The highest BCUT2D eigenvalue weighted by Crippen LogP contribution is 2.24. The zero-order chi connectivity index (χ0) is 15.8. The Labute approximate surface area is 129 Å². The minimum atomic E-state index is -0.175. The van der Waals surface area contributed by atoms with E-state index in [9.17, 15) is 10.2 Å². The number of nitrogens with one attached hydrogen (secondary N) is 1. The minimum absolute atomic E-state index is 0.161. The summed E-state index contributed by atoms with van der Waals surface area (Å²) in [6.07, 6.45) is 5.40. The van der Waals surface area contributed by atoms with Gasteiger partial charge < -0.3 is 15.5 Å². The monoisotopic (exact) mass is 292 g/mol. The molecule has 4 heteroatoms. The fourth-order valence-corrected chi connectivity index (χ4v) is 1.83. The molecule has 0 atom stereocenters. The van der Waals surface area contributed by atoms with Crippen LogP contribution in [-0.2, 0) is 6.54 Å². The number of benzene rings is 2. The Balaban J connectivity index is 1.97. The molecule has 0 spiro atoms. The molecule has 0 amide bonds. The number of nitrogens with zero attached hydrogens (tertiary/aromatic N) is 1. The molecule has 0 aliphatic rings. The third kappa shape index (κ3) is 4.43. The number of allylic oxidation sites excluding steroid dienone is 3. The van der Waals surface area contributed by atoms with Crippen molar-refractivity contribution in [3.05, 3.63) is 77.5 Å². The van der Waals surface area contributed by atoms with E-state index in [-0.39, 0.29) is 11.5 Å². The average molecular weight is 292 g/mol. The summed E-state index contributed by atoms with van der Waals surface area (Å²) in [6, 6.07) is 16.4. The van der Waals surface area contributed by atoms with E-state index < -0.39 is 0 Å². The number of hydrogen-bond acceptors (Lipinski definition) is 4. The van der Waals surface area contributed by atoms with Gasteiger partial charge in [-0.1, -0.05) is 48.6 Å². The first-order chi connectivity index (χ1) is 10.7. The SMILES string of the molecule is N#CC(=CC=Cc1ccccc1)NCc1ccc(O)c(O)c1. The summed E-state index contributed by atoms with van der Waals surface area (Å²) >= 11 is 0. The Kier molecular flexibility index (Phi) is 5.22. The third-order valence-electron chi connectivity index (χ3n) is 2.99. The summed E-state index contributed by atoms with van der Waals surface area (Å²) in [4.78, 5) is 0. The first-order valence-electron chi connectivity index (χ1n) is 6.77. The van der Waals surface area contributed by atoms with Crippen LogP contribution < -0.4 is 5.32 Å². The van der Waals surface area contributed by atoms with E-state index in [0.717, 1.165) is 11.1 Å². The van der Waals surface area contributed by atoms with Crippen molar-refractivity contribution in [3.8, 4) is 17.6 Å². The second kappa shape index (κ2) is 7.55. The zero-order valence-corrected chi connectivity index (χ0v) is 11.9. The van der Waals surface area contributed by atoms with Gasteiger partial charge in [-0.2, -0.15) is 5.26 Å². The summed E-state index contributed by atoms with van der Waals surface area (Å²) in [5, 5.41) is 30.7. The molecule has 3 N–H and O–H groups in total. The molecule has 0 bridgehead atoms. The van der Waals surface area contributed by atoms with Gasteiger partial charge in [0.25, 0.3) is 0 Å². The molecular weight excluding hydrogens is 276 g/mol. The van der Waals surface area contributed by atoms with E-state index in [1.54, 1.807) is 18.2 Å². The number of hydrogen-bond donors (Lipinski definition) is 3. The Hall–Kier alpha value is -3.19. The molecule has 0 aliphatic carbocycles. The van der Waals surface area contributed by atoms with Crippen molar-refractivity contribution < 1.29 is 10.2 Å². The largest absolute Gasteiger partial charge is 0.504 e. The Bertz CT molecular complexity index is 728. The van der Waals surface area contributed by atoms with Crippen LogP contribution in [0.4, 0.5) is 0 Å². The van der Waals surface area contributed by atoms with E-state index in [1.807, 2.05) is 36.4 Å². The van der Waals surface area contributed by atoms with Gasteiger partial charge in [-0.15, -0.1) is 0 Å². The van der Waals surface area contributed by atoms with E-state index in [0.29, 0.717) is 12.2 Å². The van der Waals surface area contributed by atoms with Crippen LogP contribution in [0.1, 0.15) is 11.1 Å². The fraction of sp³-hybridized carbons (Fsp3) is 0.0556. The molecule has 0 saturated heterocycles. The predicted molar refractivity (Wildman–Crippen MR) is 85.8 cm³/mol. The van der Waals surface area contributed by atoms with Crippen LogP contribution in [0.25, 0.3) is 6.08 Å². The lowest BCUT2D eigenvalue weighted by molar-refractivity contribution is 0.403. The van der Waals surface area contributed by atoms with Crippen molar-refractivity contribution >= 4 is 6.08 Å². The van der Waals surface area contributed by atoms with Crippen LogP contribution in [0.2, 0.25) is 0 Å². The fourth-order valence-electron chi connectivity index (χ4n) is 1.83. The summed E-state index contributed by atoms with van der Waals surface area (Å²) in [7, 11) is 0. The number of phenolic OH excluding ortho intramolecular Hbond substituents is 2. The van der Waals surface area contributed by atoms with Crippen LogP contribution in [0.15, 0.2) is 66.4 Å². The molecule has 0 unspecified atom stereocenters. The van der Waals surface area contributed by atoms with Gasteiger partial charge in [-0.3, -0.25) is 0 Å². The lowest BCUT2D eigenvalue weighted by atomic mass is 10.2. The van der Waals surface area contributed by atoms with Crippen LogP contribution in [0.3, 0.4) is 0 Å². The molecule has 0 heterocycles. The van der Waals surface area contributed by atoms with Gasteiger partial charge in [0.15, 0.2) is 11.5 Å². The molecule has 110 valence electrons. The maximum Gasteiger partial charge on any atom is 0.157 e. The van der Waals surface area contributed by atoms with E-state index in [2.05, 4.69) is 11.4 Å². The van der Waals surface area contributed by atoms with Crippen molar-refractivity contribution in [1.82, 2.24) is 5.32 Å². The Morgan fingerprint density at radius 3 is 2.55 bits per heavy atom. The topological polar surface area (TPSA) is 76.3 Å². The van der Waals surface area contributed by atoms with Crippen LogP contribution in [-0.4, -0.2) is 10.2 Å². The van der Waals surface area contributed by atoms with Gasteiger partial charge in [-0.05, 0) is 29.3 Å². The number of aromatic hydroxyl groups is 2. The molecule has 2 rings (SSSR count). The minimum Gasteiger partial charge on any atom is -0.504 e. The van der Waals surface area contributed by atoms with Gasteiger partial charge in [-0.25, -0.2) is 0 Å². The summed E-state index contributed by atoms with van der Waals surface area (Å²) < 4.78 is 0. The Morgan fingerprint density at radius 2 is 1.86 bits per heavy atom. The second-order valence-corrected chi connectivity index (χ2v) is 4.64. The average Bonchev–Trinajstić information content (AvgIpc) is 2.55. The smallest absolute Gasteiger partial charge is 0.157 e. The van der Waals surface area contributed by atoms with Crippen molar-refractivity contribution in [2.24, 2.45) is 0 Å². The van der Waals surface area contributed by atoms with Gasteiger partial charge in [0.2, 0.25) is 0 Å². The summed E-state index contributed by atoms with van der Waals surface area (Å²) in [5.41, 5.74) is 2.24. The number of phenols is 2. The molecule has 2 aromatic carbocycles. The Morgan fingerprint density at radius 1 is 1.09 bits per heavy atom. The molecule has 0 fully saturated rings.